The van der Waals surface area contributed by atoms with Gasteiger partial charge in [-0.2, -0.15) is 0 Å². The quantitative estimate of drug-likeness (QED) is 0.681. The molecule has 0 aromatic heterocycles. The minimum atomic E-state index is -0.875. The number of para-hydroxylation sites is 1. The highest BCUT2D eigenvalue weighted by Crippen LogP contribution is 2.48. The maximum Gasteiger partial charge on any atom is 0.303 e. The van der Waals surface area contributed by atoms with Crippen molar-refractivity contribution in [2.75, 3.05) is 0 Å². The lowest BCUT2D eigenvalue weighted by atomic mass is 9.90. The highest BCUT2D eigenvalue weighted by atomic mass is 16.4. The summed E-state index contributed by atoms with van der Waals surface area (Å²) in [6.07, 6.45) is 1.99. The first-order chi connectivity index (χ1) is 7.59. The van der Waals surface area contributed by atoms with Gasteiger partial charge >= 0.3 is 5.97 Å². The van der Waals surface area contributed by atoms with E-state index in [4.69, 9.17) is 5.11 Å². The molecule has 1 unspecified atom stereocenters. The van der Waals surface area contributed by atoms with Crippen molar-refractivity contribution in [3.63, 3.8) is 0 Å². The van der Waals surface area contributed by atoms with Crippen molar-refractivity contribution in [2.45, 2.75) is 25.2 Å². The number of aliphatic carboxylic acids is 1. The van der Waals surface area contributed by atoms with Crippen LogP contribution < -0.4 is 0 Å². The maximum absolute atomic E-state index is 10.8. The molecular formula is C12H14O4. The van der Waals surface area contributed by atoms with E-state index in [9.17, 15) is 15.0 Å². The molecular weight excluding hydrogens is 208 g/mol. The van der Waals surface area contributed by atoms with Gasteiger partial charge in [-0.05, 0) is 24.8 Å². The van der Waals surface area contributed by atoms with Crippen LogP contribution >= 0.6 is 0 Å². The van der Waals surface area contributed by atoms with Crippen molar-refractivity contribution in [1.29, 1.82) is 0 Å². The van der Waals surface area contributed by atoms with Gasteiger partial charge in [0.25, 0.3) is 0 Å². The van der Waals surface area contributed by atoms with Crippen LogP contribution in [0.1, 0.15) is 30.7 Å². The molecule has 86 valence electrons. The van der Waals surface area contributed by atoms with Crippen LogP contribution in [0.3, 0.4) is 0 Å². The van der Waals surface area contributed by atoms with E-state index in [1.54, 1.807) is 12.1 Å². The summed E-state index contributed by atoms with van der Waals surface area (Å²) in [5.74, 6) is -1.11. The smallest absolute Gasteiger partial charge is 0.303 e. The molecule has 4 nitrogen and oxygen atoms in total. The van der Waals surface area contributed by atoms with Gasteiger partial charge in [0, 0.05) is 11.5 Å². The standard InChI is InChI=1S/C12H14O4/c13-10-3-1-2-8(12(10)16)9(6-11(14)15)7-4-5-7/h1-3,7,9,13,16H,4-6H2,(H,14,15). The molecule has 0 spiro atoms. The number of hydrogen-bond acceptors (Lipinski definition) is 3. The molecule has 0 saturated heterocycles. The summed E-state index contributed by atoms with van der Waals surface area (Å²) in [6, 6.07) is 4.70. The van der Waals surface area contributed by atoms with Crippen molar-refractivity contribution in [2.24, 2.45) is 5.92 Å². The fraction of sp³-hybridized carbons (Fsp3) is 0.417. The summed E-state index contributed by atoms with van der Waals surface area (Å²) in [4.78, 5) is 10.8. The summed E-state index contributed by atoms with van der Waals surface area (Å²) in [5.41, 5.74) is 0.546. The minimum absolute atomic E-state index is 0.00167. The lowest BCUT2D eigenvalue weighted by Crippen LogP contribution is -2.08. The van der Waals surface area contributed by atoms with E-state index in [-0.39, 0.29) is 23.8 Å². The first kappa shape index (κ1) is 10.8. The largest absolute Gasteiger partial charge is 0.504 e. The number of hydrogen-bond donors (Lipinski definition) is 3. The Labute approximate surface area is 93.2 Å². The molecule has 1 aromatic carbocycles. The molecule has 4 heteroatoms. The Morgan fingerprint density at radius 2 is 2.06 bits per heavy atom. The van der Waals surface area contributed by atoms with Gasteiger partial charge in [0.2, 0.25) is 0 Å². The van der Waals surface area contributed by atoms with E-state index in [0.717, 1.165) is 12.8 Å². The predicted octanol–water partition coefficient (Wildman–Crippen LogP) is 2.07. The van der Waals surface area contributed by atoms with Crippen LogP contribution in [0.2, 0.25) is 0 Å². The van der Waals surface area contributed by atoms with Crippen molar-refractivity contribution in [1.82, 2.24) is 0 Å². The molecule has 0 radical (unpaired) electrons. The van der Waals surface area contributed by atoms with E-state index in [1.165, 1.54) is 6.07 Å². The summed E-state index contributed by atoms with van der Waals surface area (Å²) >= 11 is 0. The third-order valence-corrected chi connectivity index (χ3v) is 3.03. The number of rotatable bonds is 4. The zero-order valence-electron chi connectivity index (χ0n) is 8.76. The molecule has 1 aromatic rings. The van der Waals surface area contributed by atoms with E-state index >= 15 is 0 Å². The van der Waals surface area contributed by atoms with Crippen LogP contribution in [0.4, 0.5) is 0 Å². The molecule has 1 atom stereocenters. The topological polar surface area (TPSA) is 77.8 Å². The summed E-state index contributed by atoms with van der Waals surface area (Å²) in [5, 5.41) is 27.9. The Balaban J connectivity index is 2.30. The van der Waals surface area contributed by atoms with Crippen molar-refractivity contribution in [3.05, 3.63) is 23.8 Å². The Hall–Kier alpha value is -1.71. The molecule has 1 aliphatic carbocycles. The highest BCUT2D eigenvalue weighted by molar-refractivity contribution is 5.68. The van der Waals surface area contributed by atoms with Crippen LogP contribution in [0.25, 0.3) is 0 Å². The van der Waals surface area contributed by atoms with Crippen LogP contribution in [0.15, 0.2) is 18.2 Å². The Morgan fingerprint density at radius 1 is 1.38 bits per heavy atom. The van der Waals surface area contributed by atoms with Crippen LogP contribution in [0.5, 0.6) is 11.5 Å². The Morgan fingerprint density at radius 3 is 2.62 bits per heavy atom. The number of aromatic hydroxyl groups is 2. The van der Waals surface area contributed by atoms with E-state index in [2.05, 4.69) is 0 Å². The SMILES string of the molecule is O=C(O)CC(c1cccc(O)c1O)C1CC1. The van der Waals surface area contributed by atoms with E-state index in [1.807, 2.05) is 0 Å². The Bertz CT molecular complexity index is 409. The number of carboxylic acids is 1. The zero-order chi connectivity index (χ0) is 11.7. The molecule has 0 aliphatic heterocycles. The second-order valence-corrected chi connectivity index (χ2v) is 4.26. The number of phenolic OH excluding ortho intramolecular Hbond substituents is 2. The van der Waals surface area contributed by atoms with Crippen molar-refractivity contribution in [3.8, 4) is 11.5 Å². The van der Waals surface area contributed by atoms with Gasteiger partial charge in [0.05, 0.1) is 6.42 Å². The number of benzene rings is 1. The van der Waals surface area contributed by atoms with E-state index < -0.39 is 5.97 Å². The molecule has 1 fully saturated rings. The summed E-state index contributed by atoms with van der Waals surface area (Å²) < 4.78 is 0. The third-order valence-electron chi connectivity index (χ3n) is 3.03. The van der Waals surface area contributed by atoms with Gasteiger partial charge in [-0.15, -0.1) is 0 Å². The van der Waals surface area contributed by atoms with Gasteiger partial charge in [0.15, 0.2) is 11.5 Å². The number of carboxylic acid groups (broad SMARTS) is 1. The molecule has 1 aliphatic rings. The fourth-order valence-corrected chi connectivity index (χ4v) is 2.07. The van der Waals surface area contributed by atoms with Gasteiger partial charge in [0.1, 0.15) is 0 Å². The normalized spacial score (nSPS) is 17.0. The van der Waals surface area contributed by atoms with Gasteiger partial charge in [-0.25, -0.2) is 0 Å². The molecule has 0 amide bonds. The molecule has 16 heavy (non-hydrogen) atoms. The maximum atomic E-state index is 10.8. The van der Waals surface area contributed by atoms with Crippen molar-refractivity contribution < 1.29 is 20.1 Å². The predicted molar refractivity (Wildman–Crippen MR) is 57.5 cm³/mol. The molecule has 3 N–H and O–H groups in total. The molecule has 2 rings (SSSR count). The average molecular weight is 222 g/mol. The summed E-state index contributed by atoms with van der Waals surface area (Å²) in [7, 11) is 0. The minimum Gasteiger partial charge on any atom is -0.504 e. The number of phenols is 2. The molecule has 1 saturated carbocycles. The summed E-state index contributed by atoms with van der Waals surface area (Å²) in [6.45, 7) is 0. The molecule has 0 bridgehead atoms. The van der Waals surface area contributed by atoms with E-state index in [0.29, 0.717) is 11.5 Å². The number of carbonyl (C=O) groups is 1. The lowest BCUT2D eigenvalue weighted by molar-refractivity contribution is -0.137. The fourth-order valence-electron chi connectivity index (χ4n) is 2.07. The van der Waals surface area contributed by atoms with Gasteiger partial charge in [-0.1, -0.05) is 12.1 Å². The Kier molecular flexibility index (Phi) is 2.73. The highest BCUT2D eigenvalue weighted by Gasteiger charge is 2.35. The van der Waals surface area contributed by atoms with Crippen molar-refractivity contribution >= 4 is 5.97 Å². The van der Waals surface area contributed by atoms with Gasteiger partial charge < -0.3 is 15.3 Å². The van der Waals surface area contributed by atoms with Crippen LogP contribution in [0, 0.1) is 5.92 Å². The van der Waals surface area contributed by atoms with Crippen LogP contribution in [-0.4, -0.2) is 21.3 Å². The zero-order valence-corrected chi connectivity index (χ0v) is 8.76. The average Bonchev–Trinajstić information content (AvgIpc) is 3.02. The third kappa shape index (κ3) is 2.10. The second kappa shape index (κ2) is 4.04. The first-order valence-corrected chi connectivity index (χ1v) is 5.32. The van der Waals surface area contributed by atoms with Gasteiger partial charge in [-0.3, -0.25) is 4.79 Å². The van der Waals surface area contributed by atoms with Crippen LogP contribution in [-0.2, 0) is 4.79 Å². The second-order valence-electron chi connectivity index (χ2n) is 4.26. The molecule has 0 heterocycles. The monoisotopic (exact) mass is 222 g/mol. The lowest BCUT2D eigenvalue weighted by Gasteiger charge is -2.16. The first-order valence-electron chi connectivity index (χ1n) is 5.32.